The molecule has 9 heterocycles. The van der Waals surface area contributed by atoms with Crippen LogP contribution in [0.15, 0.2) is 317 Å². The van der Waals surface area contributed by atoms with Gasteiger partial charge in [0, 0.05) is 120 Å². The van der Waals surface area contributed by atoms with Gasteiger partial charge in [-0.15, -0.1) is 0 Å². The highest BCUT2D eigenvalue weighted by molar-refractivity contribution is 5.86. The molecular formula is C105H101F4N9O6. The molecule has 124 heavy (non-hydrogen) atoms. The standard InChI is InChI=1S/C18H18FNO.C18H17NO.C18H15NO.3C17H17FN2O/c1-13-12-17(21-20-13)18-15(8-5-9-16(18)19)11-10-14-6-3-2-4-7-14;2*1-14-13-18(20-19-14)17-10-6-5-9-16(17)12-11-15-7-3-2-4-8-15;1-12-10-16(21-20-12)17-14(5-2-6-15(17)18)8-7-13-4-3-9-19-11-13;1-12-11-16(21-20-12)17-13(5-4-7-15(17)18)8-9-14-6-2-3-10-19-14;1-12-11-16(21-20-12)17-14(3-2-4-15(17)18)6-5-13-7-9-19-10-8-13/h2-9,17H,10-12H2,1H3;2-12,18H,13H2,1H3;2-10,18H,13H2,1H3;2-6,9,11,16H,7-8,10H2,1H3;2-7,10,16H,8-9,11H2,1H3;2-4,7-10,16H,5-6,11H2,1H3/b;12-11+;;;;/t17-;2*18-;3*16-/m111111/s1. The highest BCUT2D eigenvalue weighted by Gasteiger charge is 2.31. The number of aryl methyl sites for hydroxylation is 8. The SMILES string of the molecule is CC1=NO[C@@H](c2c(F)cccc2CCc2ccccc2)C1.CC1=NO[C@@H](c2c(F)cccc2CCc2ccccn2)C1.CC1=NO[C@@H](c2c(F)cccc2CCc2cccnc2)C1.CC1=NO[C@@H](c2c(F)cccc2CCc2ccncc2)C1.CC1=NO[C@@H](c2ccccc2/C=C/c2ccccc2)C1.CC1=NO[C@@H](c2ccccc2C#Cc2ccccc2)C1. The Morgan fingerprint density at radius 2 is 0.677 bits per heavy atom. The molecule has 0 radical (unpaired) electrons. The van der Waals surface area contributed by atoms with Gasteiger partial charge in [0.2, 0.25) is 0 Å². The van der Waals surface area contributed by atoms with Crippen molar-refractivity contribution < 1.29 is 46.6 Å². The summed E-state index contributed by atoms with van der Waals surface area (Å²) >= 11 is 0. The molecule has 18 rings (SSSR count). The van der Waals surface area contributed by atoms with Gasteiger partial charge in [-0.1, -0.05) is 237 Å². The first-order chi connectivity index (χ1) is 60.6. The number of halogens is 4. The number of rotatable bonds is 20. The van der Waals surface area contributed by atoms with Gasteiger partial charge in [-0.25, -0.2) is 17.6 Å². The summed E-state index contributed by atoms with van der Waals surface area (Å²) in [6.45, 7) is 11.6. The van der Waals surface area contributed by atoms with Crippen LogP contribution in [-0.4, -0.2) is 49.2 Å². The molecule has 0 spiro atoms. The van der Waals surface area contributed by atoms with Crippen molar-refractivity contribution in [1.29, 1.82) is 0 Å². The van der Waals surface area contributed by atoms with E-state index in [1.807, 2.05) is 205 Å². The van der Waals surface area contributed by atoms with Crippen LogP contribution in [0.4, 0.5) is 17.6 Å². The monoisotopic (exact) mass is 1660 g/mol. The lowest BCUT2D eigenvalue weighted by Crippen LogP contribution is -2.07. The molecule has 6 aliphatic rings. The van der Waals surface area contributed by atoms with Gasteiger partial charge in [-0.3, -0.25) is 15.0 Å². The predicted molar refractivity (Wildman–Crippen MR) is 484 cm³/mol. The maximum atomic E-state index is 14.2. The molecule has 0 amide bonds. The van der Waals surface area contributed by atoms with Crippen LogP contribution < -0.4 is 0 Å². The number of nitrogens with zero attached hydrogens (tertiary/aromatic N) is 9. The molecule has 3 aromatic heterocycles. The third-order valence-electron chi connectivity index (χ3n) is 21.5. The van der Waals surface area contributed by atoms with Gasteiger partial charge >= 0.3 is 0 Å². The molecule has 12 aromatic rings. The van der Waals surface area contributed by atoms with Crippen molar-refractivity contribution in [3.05, 3.63) is 409 Å². The van der Waals surface area contributed by atoms with Gasteiger partial charge in [-0.05, 0) is 216 Å². The summed E-state index contributed by atoms with van der Waals surface area (Å²) in [5, 5.41) is 23.8. The van der Waals surface area contributed by atoms with E-state index in [-0.39, 0.29) is 59.9 Å². The minimum Gasteiger partial charge on any atom is -0.387 e. The molecule has 9 aromatic carbocycles. The van der Waals surface area contributed by atoms with Crippen molar-refractivity contribution in [3.63, 3.8) is 0 Å². The first-order valence-electron chi connectivity index (χ1n) is 42.1. The van der Waals surface area contributed by atoms with E-state index in [1.165, 1.54) is 52.1 Å². The van der Waals surface area contributed by atoms with Crippen LogP contribution in [0.2, 0.25) is 0 Å². The Kier molecular flexibility index (Phi) is 32.1. The summed E-state index contributed by atoms with van der Waals surface area (Å²) in [6, 6.07) is 81.6. The predicted octanol–water partition coefficient (Wildman–Crippen LogP) is 24.6. The van der Waals surface area contributed by atoms with E-state index in [2.05, 4.69) is 118 Å². The van der Waals surface area contributed by atoms with Gasteiger partial charge < -0.3 is 29.0 Å². The third kappa shape index (κ3) is 25.7. The zero-order valence-electron chi connectivity index (χ0n) is 70.6. The molecule has 630 valence electrons. The minimum absolute atomic E-state index is 0.00345. The lowest BCUT2D eigenvalue weighted by Gasteiger charge is -2.15. The number of benzene rings is 9. The van der Waals surface area contributed by atoms with E-state index in [1.54, 1.807) is 49.1 Å². The van der Waals surface area contributed by atoms with Crippen molar-refractivity contribution in [2.45, 2.75) is 168 Å². The lowest BCUT2D eigenvalue weighted by atomic mass is 9.94. The second-order valence-electron chi connectivity index (χ2n) is 31.1. The van der Waals surface area contributed by atoms with Crippen molar-refractivity contribution in [2.24, 2.45) is 30.9 Å². The number of pyridine rings is 3. The van der Waals surface area contributed by atoms with Gasteiger partial charge in [0.05, 0.1) is 34.3 Å². The molecule has 0 aliphatic carbocycles. The average molecular weight is 1660 g/mol. The van der Waals surface area contributed by atoms with E-state index in [9.17, 15) is 17.6 Å². The third-order valence-corrected chi connectivity index (χ3v) is 21.5. The van der Waals surface area contributed by atoms with E-state index < -0.39 is 0 Å². The Morgan fingerprint density at radius 1 is 0.298 bits per heavy atom. The molecule has 0 saturated heterocycles. The Morgan fingerprint density at radius 3 is 1.11 bits per heavy atom. The van der Waals surface area contributed by atoms with Crippen LogP contribution in [0.25, 0.3) is 12.2 Å². The summed E-state index contributed by atoms with van der Waals surface area (Å²) in [5.74, 6) is 5.59. The topological polar surface area (TPSA) is 168 Å². The summed E-state index contributed by atoms with van der Waals surface area (Å²) in [6.07, 6.45) is 22.8. The fraction of sp³-hybridized carbons (Fsp3) is 0.248. The van der Waals surface area contributed by atoms with Crippen LogP contribution >= 0.6 is 0 Å². The van der Waals surface area contributed by atoms with Gasteiger partial charge in [0.1, 0.15) is 23.3 Å². The fourth-order valence-electron chi connectivity index (χ4n) is 15.2. The van der Waals surface area contributed by atoms with Gasteiger partial charge in [0.25, 0.3) is 0 Å². The maximum absolute atomic E-state index is 14.2. The largest absolute Gasteiger partial charge is 0.387 e. The minimum atomic E-state index is -0.301. The smallest absolute Gasteiger partial charge is 0.160 e. The lowest BCUT2D eigenvalue weighted by molar-refractivity contribution is 0.0821. The molecule has 6 atom stereocenters. The van der Waals surface area contributed by atoms with E-state index >= 15 is 0 Å². The molecule has 15 nitrogen and oxygen atoms in total. The van der Waals surface area contributed by atoms with Crippen molar-refractivity contribution in [1.82, 2.24) is 15.0 Å². The second-order valence-corrected chi connectivity index (χ2v) is 31.1. The highest BCUT2D eigenvalue weighted by Crippen LogP contribution is 2.38. The average Bonchev–Trinajstić information content (AvgIpc) is 1.36. The van der Waals surface area contributed by atoms with Crippen molar-refractivity contribution in [3.8, 4) is 11.8 Å². The fourth-order valence-corrected chi connectivity index (χ4v) is 15.2. The van der Waals surface area contributed by atoms with E-state index in [0.717, 1.165) is 149 Å². The second kappa shape index (κ2) is 45.2. The zero-order chi connectivity index (χ0) is 86.2. The maximum Gasteiger partial charge on any atom is 0.160 e. The van der Waals surface area contributed by atoms with Crippen LogP contribution in [0.5, 0.6) is 0 Å². The van der Waals surface area contributed by atoms with E-state index in [4.69, 9.17) is 29.0 Å². The number of hydrogen-bond donors (Lipinski definition) is 0. The molecular weight excluding hydrogens is 1560 g/mol. The van der Waals surface area contributed by atoms with Crippen LogP contribution in [0.3, 0.4) is 0 Å². The Labute approximate surface area is 724 Å². The summed E-state index contributed by atoms with van der Waals surface area (Å²) in [4.78, 5) is 44.8. The zero-order valence-corrected chi connectivity index (χ0v) is 70.6. The molecule has 0 N–H and O–H groups in total. The molecule has 6 aliphatic heterocycles. The Balaban J connectivity index is 0.000000128. The molecule has 0 unspecified atom stereocenters. The first kappa shape index (κ1) is 88.1. The number of hydrogen-bond acceptors (Lipinski definition) is 15. The number of oxime groups is 6. The molecule has 19 heteroatoms. The normalized spacial score (nSPS) is 17.4. The van der Waals surface area contributed by atoms with Gasteiger partial charge in [0.15, 0.2) is 36.6 Å². The Bertz CT molecular complexity index is 5320. The van der Waals surface area contributed by atoms with Crippen LogP contribution in [0.1, 0.15) is 217 Å². The van der Waals surface area contributed by atoms with Gasteiger partial charge in [-0.2, -0.15) is 0 Å². The van der Waals surface area contributed by atoms with E-state index in [0.29, 0.717) is 47.9 Å². The summed E-state index contributed by atoms with van der Waals surface area (Å²) in [5.41, 5.74) is 23.5. The van der Waals surface area contributed by atoms with Crippen LogP contribution in [0, 0.1) is 35.1 Å². The molecule has 0 bridgehead atoms. The first-order valence-corrected chi connectivity index (χ1v) is 42.1. The summed E-state index contributed by atoms with van der Waals surface area (Å²) < 4.78 is 56.9. The number of aromatic nitrogens is 3. The molecule has 0 fully saturated rings. The quantitative estimate of drug-likeness (QED) is 0.0410. The van der Waals surface area contributed by atoms with Crippen LogP contribution in [-0.2, 0) is 80.4 Å². The molecule has 0 saturated carbocycles. The Hall–Kier alpha value is -13.7. The van der Waals surface area contributed by atoms with Crippen molar-refractivity contribution >= 4 is 46.4 Å². The highest BCUT2D eigenvalue weighted by atomic mass is 19.1. The summed E-state index contributed by atoms with van der Waals surface area (Å²) in [7, 11) is 0. The van der Waals surface area contributed by atoms with Crippen molar-refractivity contribution in [2.75, 3.05) is 0 Å².